The third-order valence-electron chi connectivity index (χ3n) is 1.35. The molecule has 66 valence electrons. The van der Waals surface area contributed by atoms with Crippen LogP contribution in [0, 0.1) is 0 Å². The maximum atomic E-state index is 10.4. The van der Waals surface area contributed by atoms with Gasteiger partial charge in [-0.25, -0.2) is 0 Å². The van der Waals surface area contributed by atoms with Gasteiger partial charge in [0.25, 0.3) is 0 Å². The molecule has 0 aromatic rings. The molecular weight excluding hydrogens is 154 g/mol. The normalized spacial score (nSPS) is 12.5. The zero-order chi connectivity index (χ0) is 9.56. The van der Waals surface area contributed by atoms with E-state index < -0.39 is 0 Å². The summed E-state index contributed by atoms with van der Waals surface area (Å²) in [4.78, 5) is 10.4. The van der Waals surface area contributed by atoms with Crippen LogP contribution in [0.4, 0.5) is 0 Å². The molecule has 0 bridgehead atoms. The molecule has 0 aromatic heterocycles. The van der Waals surface area contributed by atoms with Crippen LogP contribution < -0.4 is 5.73 Å². The number of methoxy groups -OCH3 is 1. The van der Waals surface area contributed by atoms with Gasteiger partial charge in [-0.2, -0.15) is 0 Å². The Labute approximate surface area is 72.2 Å². The van der Waals surface area contributed by atoms with E-state index in [1.165, 1.54) is 13.2 Å². The van der Waals surface area contributed by atoms with E-state index >= 15 is 0 Å². The van der Waals surface area contributed by atoms with Gasteiger partial charge in [0, 0.05) is 17.3 Å². The number of carbonyl (C=O) groups is 1. The van der Waals surface area contributed by atoms with Crippen molar-refractivity contribution in [1.82, 2.24) is 0 Å². The minimum absolute atomic E-state index is 0.361. The number of hydrogen-bond acceptors (Lipinski definition) is 3. The second kappa shape index (κ2) is 5.18. The van der Waals surface area contributed by atoms with Crippen molar-refractivity contribution in [2.45, 2.75) is 6.92 Å². The fourth-order valence-electron chi connectivity index (χ4n) is 0.618. The van der Waals surface area contributed by atoms with Crippen molar-refractivity contribution in [3.8, 4) is 0 Å². The third kappa shape index (κ3) is 3.05. The van der Waals surface area contributed by atoms with Crippen LogP contribution in [-0.2, 0) is 9.53 Å². The number of allylic oxidation sites excluding steroid dienone is 3. The van der Waals surface area contributed by atoms with Gasteiger partial charge in [0.15, 0.2) is 6.29 Å². The molecule has 0 unspecified atom stereocenters. The van der Waals surface area contributed by atoms with Gasteiger partial charge in [-0.05, 0) is 6.92 Å². The summed E-state index contributed by atoms with van der Waals surface area (Å²) >= 11 is 0. The van der Waals surface area contributed by atoms with Crippen LogP contribution in [0.2, 0.25) is 0 Å². The maximum absolute atomic E-state index is 10.4. The van der Waals surface area contributed by atoms with Gasteiger partial charge in [-0.3, -0.25) is 4.79 Å². The lowest BCUT2D eigenvalue weighted by atomic mass is 10.2. The van der Waals surface area contributed by atoms with Gasteiger partial charge < -0.3 is 10.5 Å². The fraction of sp³-hybridized carbons (Fsp3) is 0.222. The molecule has 0 spiro atoms. The largest absolute Gasteiger partial charge is 0.497 e. The third-order valence-corrected chi connectivity index (χ3v) is 1.35. The fourth-order valence-corrected chi connectivity index (χ4v) is 0.618. The minimum atomic E-state index is 0.361. The van der Waals surface area contributed by atoms with Crippen LogP contribution >= 0.6 is 0 Å². The van der Waals surface area contributed by atoms with Gasteiger partial charge >= 0.3 is 0 Å². The Bertz CT molecular complexity index is 239. The zero-order valence-electron chi connectivity index (χ0n) is 7.33. The lowest BCUT2D eigenvalue weighted by molar-refractivity contribution is -0.104. The van der Waals surface area contributed by atoms with Crippen LogP contribution in [0.25, 0.3) is 0 Å². The number of rotatable bonds is 4. The number of hydrogen-bond donors (Lipinski definition) is 1. The molecule has 0 fully saturated rings. The van der Waals surface area contributed by atoms with Gasteiger partial charge in [0.2, 0.25) is 0 Å². The second-order valence-corrected chi connectivity index (χ2v) is 2.13. The van der Waals surface area contributed by atoms with Gasteiger partial charge in [-0.1, -0.05) is 12.7 Å². The van der Waals surface area contributed by atoms with Crippen molar-refractivity contribution >= 4 is 6.29 Å². The van der Waals surface area contributed by atoms with E-state index in [1.54, 1.807) is 13.0 Å². The first-order valence-electron chi connectivity index (χ1n) is 3.47. The summed E-state index contributed by atoms with van der Waals surface area (Å²) in [6.07, 6.45) is 3.82. The van der Waals surface area contributed by atoms with Crippen LogP contribution in [0.1, 0.15) is 6.92 Å². The van der Waals surface area contributed by atoms with Crippen molar-refractivity contribution in [1.29, 1.82) is 0 Å². The molecule has 0 amide bonds. The molecule has 3 nitrogen and oxygen atoms in total. The van der Waals surface area contributed by atoms with Crippen LogP contribution in [0.5, 0.6) is 0 Å². The predicted molar refractivity (Wildman–Crippen MR) is 48.2 cm³/mol. The van der Waals surface area contributed by atoms with Crippen molar-refractivity contribution in [3.05, 3.63) is 35.8 Å². The highest BCUT2D eigenvalue weighted by atomic mass is 16.5. The number of carbonyl (C=O) groups excluding carboxylic acids is 1. The first-order valence-corrected chi connectivity index (χ1v) is 3.47. The van der Waals surface area contributed by atoms with E-state index in [-0.39, 0.29) is 0 Å². The molecule has 0 saturated heterocycles. The van der Waals surface area contributed by atoms with Crippen molar-refractivity contribution in [3.63, 3.8) is 0 Å². The SMILES string of the molecule is C=C(/C=C(N)\C(C=O)=C/C)OC. The highest BCUT2D eigenvalue weighted by Crippen LogP contribution is 2.04. The Morgan fingerprint density at radius 3 is 2.50 bits per heavy atom. The van der Waals surface area contributed by atoms with E-state index in [4.69, 9.17) is 10.5 Å². The molecule has 0 aliphatic heterocycles. The summed E-state index contributed by atoms with van der Waals surface area (Å²) in [5.74, 6) is 0.425. The summed E-state index contributed by atoms with van der Waals surface area (Å²) in [7, 11) is 1.49. The summed E-state index contributed by atoms with van der Waals surface area (Å²) in [6, 6.07) is 0. The van der Waals surface area contributed by atoms with E-state index in [9.17, 15) is 4.79 Å². The number of aldehydes is 1. The number of ether oxygens (including phenoxy) is 1. The summed E-state index contributed by atoms with van der Waals surface area (Å²) in [5, 5.41) is 0. The van der Waals surface area contributed by atoms with E-state index in [2.05, 4.69) is 6.58 Å². The van der Waals surface area contributed by atoms with E-state index in [1.807, 2.05) is 0 Å². The molecule has 0 aromatic carbocycles. The van der Waals surface area contributed by atoms with Crippen molar-refractivity contribution in [2.24, 2.45) is 5.73 Å². The minimum Gasteiger partial charge on any atom is -0.497 e. The molecular formula is C9H13NO2. The number of nitrogens with two attached hydrogens (primary N) is 1. The predicted octanol–water partition coefficient (Wildman–Crippen LogP) is 1.13. The Hall–Kier alpha value is -1.51. The highest BCUT2D eigenvalue weighted by molar-refractivity contribution is 5.79. The molecule has 3 heteroatoms. The smallest absolute Gasteiger partial charge is 0.151 e. The lowest BCUT2D eigenvalue weighted by Gasteiger charge is -2.01. The Kier molecular flexibility index (Phi) is 4.53. The molecule has 12 heavy (non-hydrogen) atoms. The monoisotopic (exact) mass is 167 g/mol. The first-order chi connectivity index (χ1) is 5.65. The highest BCUT2D eigenvalue weighted by Gasteiger charge is 1.97. The molecule has 0 heterocycles. The molecule has 0 rings (SSSR count). The average molecular weight is 167 g/mol. The molecule has 0 atom stereocenters. The topological polar surface area (TPSA) is 52.3 Å². The first kappa shape index (κ1) is 10.5. The quantitative estimate of drug-likeness (QED) is 0.295. The van der Waals surface area contributed by atoms with Crippen LogP contribution in [-0.4, -0.2) is 13.4 Å². The Morgan fingerprint density at radius 1 is 1.58 bits per heavy atom. The summed E-state index contributed by atoms with van der Waals surface area (Å²) in [5.41, 5.74) is 6.33. The molecule has 2 N–H and O–H groups in total. The average Bonchev–Trinajstić information content (AvgIpc) is 2.06. The van der Waals surface area contributed by atoms with Gasteiger partial charge in [-0.15, -0.1) is 0 Å². The molecule has 0 aliphatic carbocycles. The van der Waals surface area contributed by atoms with Gasteiger partial charge in [0.05, 0.1) is 7.11 Å². The Balaban J connectivity index is 4.56. The second-order valence-electron chi connectivity index (χ2n) is 2.13. The molecule has 0 aliphatic rings. The van der Waals surface area contributed by atoms with Crippen molar-refractivity contribution in [2.75, 3.05) is 7.11 Å². The maximum Gasteiger partial charge on any atom is 0.151 e. The summed E-state index contributed by atoms with van der Waals surface area (Å²) in [6.45, 7) is 5.28. The van der Waals surface area contributed by atoms with Crippen LogP contribution in [0.3, 0.4) is 0 Å². The van der Waals surface area contributed by atoms with E-state index in [0.29, 0.717) is 23.3 Å². The summed E-state index contributed by atoms with van der Waals surface area (Å²) < 4.78 is 4.77. The molecule has 0 saturated carbocycles. The Morgan fingerprint density at radius 2 is 2.17 bits per heavy atom. The lowest BCUT2D eigenvalue weighted by Crippen LogP contribution is -2.02. The van der Waals surface area contributed by atoms with Gasteiger partial charge in [0.1, 0.15) is 5.76 Å². The molecule has 0 radical (unpaired) electrons. The van der Waals surface area contributed by atoms with Crippen LogP contribution in [0.15, 0.2) is 35.8 Å². The zero-order valence-corrected chi connectivity index (χ0v) is 7.33. The van der Waals surface area contributed by atoms with E-state index in [0.717, 1.165) is 0 Å². The standard InChI is InChI=1S/C9H13NO2/c1-4-8(6-11)9(10)5-7(2)12-3/h4-6H,2,10H2,1,3H3/b8-4-,9-5+. The van der Waals surface area contributed by atoms with Crippen molar-refractivity contribution < 1.29 is 9.53 Å².